The van der Waals surface area contributed by atoms with Gasteiger partial charge in [-0.05, 0) is 6.42 Å². The summed E-state index contributed by atoms with van der Waals surface area (Å²) in [6, 6.07) is 0. The van der Waals surface area contributed by atoms with Gasteiger partial charge in [0.05, 0.1) is 13.2 Å². The third-order valence-electron chi connectivity index (χ3n) is 1.97. The van der Waals surface area contributed by atoms with Crippen molar-refractivity contribution >= 4 is 6.29 Å². The van der Waals surface area contributed by atoms with Crippen LogP contribution in [0.5, 0.6) is 0 Å². The summed E-state index contributed by atoms with van der Waals surface area (Å²) in [6.07, 6.45) is 5.03. The zero-order valence-corrected chi connectivity index (χ0v) is 8.89. The minimum Gasteiger partial charge on any atom is -0.382 e. The van der Waals surface area contributed by atoms with Gasteiger partial charge in [-0.25, -0.2) is 4.98 Å². The molecule has 0 atom stereocenters. The summed E-state index contributed by atoms with van der Waals surface area (Å²) in [7, 11) is 1.64. The predicted molar refractivity (Wildman–Crippen MR) is 54.9 cm³/mol. The SMILES string of the molecule is COCCOCCCn1ccnc1C=O. The van der Waals surface area contributed by atoms with Crippen molar-refractivity contribution in [3.8, 4) is 0 Å². The van der Waals surface area contributed by atoms with Crippen molar-refractivity contribution in [2.75, 3.05) is 26.9 Å². The van der Waals surface area contributed by atoms with Crippen LogP contribution in [0.15, 0.2) is 12.4 Å². The molecule has 0 fully saturated rings. The third kappa shape index (κ3) is 4.22. The Kier molecular flexibility index (Phi) is 5.65. The summed E-state index contributed by atoms with van der Waals surface area (Å²) < 4.78 is 12.0. The first-order chi connectivity index (χ1) is 7.38. The number of aromatic nitrogens is 2. The lowest BCUT2D eigenvalue weighted by molar-refractivity contribution is 0.0679. The molecule has 1 aromatic heterocycles. The van der Waals surface area contributed by atoms with E-state index in [9.17, 15) is 4.79 Å². The molecule has 1 heterocycles. The van der Waals surface area contributed by atoms with E-state index in [1.807, 2.05) is 4.57 Å². The van der Waals surface area contributed by atoms with Gasteiger partial charge in [-0.2, -0.15) is 0 Å². The molecular formula is C10H16N2O3. The van der Waals surface area contributed by atoms with Gasteiger partial charge in [0.2, 0.25) is 0 Å². The first kappa shape index (κ1) is 11.9. The molecule has 1 aromatic rings. The number of hydrogen-bond donors (Lipinski definition) is 0. The summed E-state index contributed by atoms with van der Waals surface area (Å²) in [5.41, 5.74) is 0. The van der Waals surface area contributed by atoms with Crippen molar-refractivity contribution in [3.05, 3.63) is 18.2 Å². The van der Waals surface area contributed by atoms with Crippen molar-refractivity contribution in [1.29, 1.82) is 0 Å². The van der Waals surface area contributed by atoms with E-state index in [-0.39, 0.29) is 0 Å². The Bertz CT molecular complexity index is 286. The average Bonchev–Trinajstić information content (AvgIpc) is 2.70. The number of imidazole rings is 1. The highest BCUT2D eigenvalue weighted by atomic mass is 16.5. The topological polar surface area (TPSA) is 53.4 Å². The van der Waals surface area contributed by atoms with Gasteiger partial charge in [-0.3, -0.25) is 4.79 Å². The molecule has 84 valence electrons. The van der Waals surface area contributed by atoms with Gasteiger partial charge in [0.1, 0.15) is 0 Å². The van der Waals surface area contributed by atoms with Crippen LogP contribution in [0.1, 0.15) is 17.0 Å². The van der Waals surface area contributed by atoms with Gasteiger partial charge in [0.15, 0.2) is 12.1 Å². The van der Waals surface area contributed by atoms with Crippen LogP contribution in [0, 0.1) is 0 Å². The fourth-order valence-corrected chi connectivity index (χ4v) is 1.21. The summed E-state index contributed by atoms with van der Waals surface area (Å²) in [4.78, 5) is 14.4. The first-order valence-electron chi connectivity index (χ1n) is 4.91. The lowest BCUT2D eigenvalue weighted by atomic mass is 10.4. The maximum absolute atomic E-state index is 10.5. The molecule has 0 aliphatic carbocycles. The molecule has 0 aliphatic rings. The van der Waals surface area contributed by atoms with E-state index in [4.69, 9.17) is 9.47 Å². The Morgan fingerprint density at radius 3 is 3.07 bits per heavy atom. The molecule has 0 amide bonds. The van der Waals surface area contributed by atoms with Crippen molar-refractivity contribution in [2.24, 2.45) is 0 Å². The molecule has 0 aromatic carbocycles. The van der Waals surface area contributed by atoms with Crippen LogP contribution in [-0.2, 0) is 16.0 Å². The van der Waals surface area contributed by atoms with Gasteiger partial charge in [-0.1, -0.05) is 0 Å². The second-order valence-electron chi connectivity index (χ2n) is 3.06. The molecule has 15 heavy (non-hydrogen) atoms. The molecule has 1 rings (SSSR count). The van der Waals surface area contributed by atoms with Gasteiger partial charge >= 0.3 is 0 Å². The van der Waals surface area contributed by atoms with Crippen molar-refractivity contribution in [3.63, 3.8) is 0 Å². The summed E-state index contributed by atoms with van der Waals surface area (Å²) in [5, 5.41) is 0. The summed E-state index contributed by atoms with van der Waals surface area (Å²) >= 11 is 0. The molecule has 0 aliphatic heterocycles. The fraction of sp³-hybridized carbons (Fsp3) is 0.600. The number of rotatable bonds is 8. The second kappa shape index (κ2) is 7.14. The second-order valence-corrected chi connectivity index (χ2v) is 3.06. The fourth-order valence-electron chi connectivity index (χ4n) is 1.21. The van der Waals surface area contributed by atoms with Crippen LogP contribution >= 0.6 is 0 Å². The lowest BCUT2D eigenvalue weighted by Crippen LogP contribution is -2.07. The van der Waals surface area contributed by atoms with E-state index in [1.54, 1.807) is 19.5 Å². The number of hydrogen-bond acceptors (Lipinski definition) is 4. The summed E-state index contributed by atoms with van der Waals surface area (Å²) in [5.74, 6) is 0.465. The number of carbonyl (C=O) groups is 1. The molecule has 5 heteroatoms. The van der Waals surface area contributed by atoms with Gasteiger partial charge in [-0.15, -0.1) is 0 Å². The van der Waals surface area contributed by atoms with Crippen LogP contribution in [0.3, 0.4) is 0 Å². The summed E-state index contributed by atoms with van der Waals surface area (Å²) in [6.45, 7) is 2.65. The molecule has 0 saturated heterocycles. The van der Waals surface area contributed by atoms with Gasteiger partial charge in [0.25, 0.3) is 0 Å². The number of carbonyl (C=O) groups excluding carboxylic acids is 1. The van der Waals surface area contributed by atoms with Crippen LogP contribution in [-0.4, -0.2) is 42.8 Å². The number of aldehydes is 1. The highest BCUT2D eigenvalue weighted by Crippen LogP contribution is 1.96. The molecule has 0 spiro atoms. The Balaban J connectivity index is 2.12. The van der Waals surface area contributed by atoms with Crippen molar-refractivity contribution < 1.29 is 14.3 Å². The standard InChI is InChI=1S/C10H16N2O3/c1-14-7-8-15-6-2-4-12-5-3-11-10(12)9-13/h3,5,9H,2,4,6-8H2,1H3. The van der Waals surface area contributed by atoms with Crippen molar-refractivity contribution in [1.82, 2.24) is 9.55 Å². The van der Waals surface area contributed by atoms with E-state index < -0.39 is 0 Å². The van der Waals surface area contributed by atoms with Gasteiger partial charge in [0, 0.05) is 32.7 Å². The molecule has 0 saturated carbocycles. The smallest absolute Gasteiger partial charge is 0.185 e. The molecule has 0 unspecified atom stereocenters. The highest BCUT2D eigenvalue weighted by Gasteiger charge is 1.99. The van der Waals surface area contributed by atoms with Crippen molar-refractivity contribution in [2.45, 2.75) is 13.0 Å². The number of aryl methyl sites for hydroxylation is 1. The molecule has 0 bridgehead atoms. The quantitative estimate of drug-likeness (QED) is 0.471. The third-order valence-corrected chi connectivity index (χ3v) is 1.97. The Labute approximate surface area is 89.0 Å². The highest BCUT2D eigenvalue weighted by molar-refractivity contribution is 5.69. The van der Waals surface area contributed by atoms with E-state index in [1.165, 1.54) is 0 Å². The normalized spacial score (nSPS) is 10.5. The number of methoxy groups -OCH3 is 1. The van der Waals surface area contributed by atoms with E-state index >= 15 is 0 Å². The van der Waals surface area contributed by atoms with E-state index in [2.05, 4.69) is 4.98 Å². The number of nitrogens with zero attached hydrogens (tertiary/aromatic N) is 2. The maximum Gasteiger partial charge on any atom is 0.185 e. The monoisotopic (exact) mass is 212 g/mol. The zero-order valence-electron chi connectivity index (χ0n) is 8.89. The Morgan fingerprint density at radius 1 is 1.47 bits per heavy atom. The van der Waals surface area contributed by atoms with E-state index in [0.29, 0.717) is 25.6 Å². The minimum atomic E-state index is 0.465. The maximum atomic E-state index is 10.5. The van der Waals surface area contributed by atoms with Gasteiger partial charge < -0.3 is 14.0 Å². The number of ether oxygens (including phenoxy) is 2. The molecular weight excluding hydrogens is 196 g/mol. The molecule has 5 nitrogen and oxygen atoms in total. The average molecular weight is 212 g/mol. The predicted octanol–water partition coefficient (Wildman–Crippen LogP) is 0.749. The van der Waals surface area contributed by atoms with Crippen LogP contribution < -0.4 is 0 Å². The van der Waals surface area contributed by atoms with Crippen LogP contribution in [0.2, 0.25) is 0 Å². The van der Waals surface area contributed by atoms with Crippen LogP contribution in [0.25, 0.3) is 0 Å². The Morgan fingerprint density at radius 2 is 2.33 bits per heavy atom. The van der Waals surface area contributed by atoms with E-state index in [0.717, 1.165) is 19.3 Å². The first-order valence-corrected chi connectivity index (χ1v) is 4.91. The lowest BCUT2D eigenvalue weighted by Gasteiger charge is -2.05. The molecule has 0 radical (unpaired) electrons. The molecule has 0 N–H and O–H groups in total. The Hall–Kier alpha value is -1.20. The largest absolute Gasteiger partial charge is 0.382 e. The zero-order chi connectivity index (χ0) is 10.9. The van der Waals surface area contributed by atoms with Crippen LogP contribution in [0.4, 0.5) is 0 Å². The minimum absolute atomic E-state index is 0.465.